The van der Waals surface area contributed by atoms with E-state index in [2.05, 4.69) is 25.3 Å². The lowest BCUT2D eigenvalue weighted by molar-refractivity contribution is 0.172. The molecule has 0 radical (unpaired) electrons. The Bertz CT molecular complexity index is 875. The normalized spacial score (nSPS) is 15.1. The number of rotatable bonds is 8. The first-order valence-electron chi connectivity index (χ1n) is 10.9. The number of aromatic nitrogens is 1. The lowest BCUT2D eigenvalue weighted by Gasteiger charge is -2.36. The van der Waals surface area contributed by atoms with Crippen molar-refractivity contribution in [3.05, 3.63) is 34.7 Å². The molecule has 2 aromatic rings. The topological polar surface area (TPSA) is 84.6 Å². The van der Waals surface area contributed by atoms with Crippen LogP contribution in [0.3, 0.4) is 0 Å². The quantitative estimate of drug-likeness (QED) is 0.489. The Hall–Kier alpha value is -2.94. The second-order valence-corrected chi connectivity index (χ2v) is 7.82. The van der Waals surface area contributed by atoms with E-state index in [4.69, 9.17) is 18.7 Å². The van der Waals surface area contributed by atoms with Crippen LogP contribution in [0.1, 0.15) is 22.6 Å². The van der Waals surface area contributed by atoms with Crippen molar-refractivity contribution in [3.8, 4) is 17.2 Å². The fraction of sp³-hybridized carbons (Fsp3) is 0.565. The third-order valence-corrected chi connectivity index (χ3v) is 5.85. The van der Waals surface area contributed by atoms with E-state index in [0.717, 1.165) is 68.7 Å². The molecular weight excluding hydrogens is 410 g/mol. The lowest BCUT2D eigenvalue weighted by Crippen LogP contribution is -2.52. The molecule has 2 heterocycles. The minimum absolute atomic E-state index is 0.620. The van der Waals surface area contributed by atoms with Crippen LogP contribution in [0.4, 0.5) is 0 Å². The number of aliphatic imine (C=N–C) groups is 1. The van der Waals surface area contributed by atoms with Crippen LogP contribution in [0.2, 0.25) is 0 Å². The molecule has 0 unspecified atom stereocenters. The molecule has 1 N–H and O–H groups in total. The Morgan fingerprint density at radius 2 is 1.72 bits per heavy atom. The Morgan fingerprint density at radius 1 is 1.06 bits per heavy atom. The van der Waals surface area contributed by atoms with Crippen LogP contribution in [0.5, 0.6) is 17.2 Å². The summed E-state index contributed by atoms with van der Waals surface area (Å²) in [5.41, 5.74) is 3.26. The van der Waals surface area contributed by atoms with Crippen LogP contribution in [0.15, 0.2) is 21.6 Å². The number of guanidine groups is 1. The van der Waals surface area contributed by atoms with Gasteiger partial charge in [-0.2, -0.15) is 0 Å². The summed E-state index contributed by atoms with van der Waals surface area (Å²) in [6.45, 7) is 9.27. The van der Waals surface area contributed by atoms with Crippen molar-refractivity contribution in [2.75, 3.05) is 61.1 Å². The summed E-state index contributed by atoms with van der Waals surface area (Å²) in [4.78, 5) is 9.21. The van der Waals surface area contributed by atoms with Crippen molar-refractivity contribution in [1.82, 2.24) is 20.3 Å². The highest BCUT2D eigenvalue weighted by atomic mass is 16.5. The third kappa shape index (κ3) is 5.45. The van der Waals surface area contributed by atoms with Crippen molar-refractivity contribution in [2.45, 2.75) is 26.8 Å². The van der Waals surface area contributed by atoms with E-state index in [-0.39, 0.29) is 0 Å². The molecule has 1 aromatic heterocycles. The number of hydrogen-bond acceptors (Lipinski definition) is 7. The first-order chi connectivity index (χ1) is 15.5. The van der Waals surface area contributed by atoms with E-state index in [1.54, 1.807) is 21.3 Å². The van der Waals surface area contributed by atoms with Gasteiger partial charge in [-0.25, -0.2) is 0 Å². The summed E-state index contributed by atoms with van der Waals surface area (Å²) in [7, 11) is 6.74. The van der Waals surface area contributed by atoms with Gasteiger partial charge in [-0.1, -0.05) is 5.16 Å². The van der Waals surface area contributed by atoms with Gasteiger partial charge in [0.15, 0.2) is 17.5 Å². The second-order valence-electron chi connectivity index (χ2n) is 7.82. The molecule has 1 aromatic carbocycles. The first-order valence-corrected chi connectivity index (χ1v) is 10.9. The third-order valence-electron chi connectivity index (χ3n) is 5.85. The molecular formula is C23H35N5O4. The molecule has 0 spiro atoms. The zero-order valence-electron chi connectivity index (χ0n) is 20.0. The van der Waals surface area contributed by atoms with E-state index < -0.39 is 0 Å². The van der Waals surface area contributed by atoms with Crippen molar-refractivity contribution >= 4 is 5.96 Å². The Labute approximate surface area is 190 Å². The van der Waals surface area contributed by atoms with E-state index in [9.17, 15) is 0 Å². The maximum atomic E-state index is 5.49. The number of aryl methyl sites for hydroxylation is 2. The van der Waals surface area contributed by atoms with Crippen LogP contribution in [-0.4, -0.2) is 82.0 Å². The Balaban J connectivity index is 1.53. The largest absolute Gasteiger partial charge is 0.493 e. The van der Waals surface area contributed by atoms with Gasteiger partial charge in [0, 0.05) is 51.9 Å². The maximum absolute atomic E-state index is 5.49. The molecule has 0 amide bonds. The highest BCUT2D eigenvalue weighted by Gasteiger charge is 2.21. The van der Waals surface area contributed by atoms with Gasteiger partial charge in [-0.15, -0.1) is 0 Å². The SMILES string of the molecule is CN=C(NCCc1c(C)noc1C)N1CCN(Cc2cc(OC)c(OC)c(OC)c2)CC1. The van der Waals surface area contributed by atoms with Crippen molar-refractivity contribution in [2.24, 2.45) is 4.99 Å². The second kappa shape index (κ2) is 11.1. The fourth-order valence-electron chi connectivity index (χ4n) is 4.09. The van der Waals surface area contributed by atoms with Gasteiger partial charge >= 0.3 is 0 Å². The van der Waals surface area contributed by atoms with E-state index >= 15 is 0 Å². The zero-order chi connectivity index (χ0) is 23.1. The predicted molar refractivity (Wildman–Crippen MR) is 124 cm³/mol. The summed E-state index contributed by atoms with van der Waals surface area (Å²) in [6.07, 6.45) is 0.862. The van der Waals surface area contributed by atoms with Crippen LogP contribution >= 0.6 is 0 Å². The molecule has 0 bridgehead atoms. The summed E-state index contributed by atoms with van der Waals surface area (Å²) < 4.78 is 21.6. The van der Waals surface area contributed by atoms with Gasteiger partial charge in [0.1, 0.15) is 5.76 Å². The van der Waals surface area contributed by atoms with Crippen molar-refractivity contribution in [1.29, 1.82) is 0 Å². The van der Waals surface area contributed by atoms with Crippen LogP contribution < -0.4 is 19.5 Å². The van der Waals surface area contributed by atoms with Crippen LogP contribution in [0.25, 0.3) is 0 Å². The summed E-state index contributed by atoms with van der Waals surface area (Å²) in [6, 6.07) is 4.03. The lowest BCUT2D eigenvalue weighted by atomic mass is 10.1. The Kier molecular flexibility index (Phi) is 8.21. The average Bonchev–Trinajstić information content (AvgIpc) is 3.13. The molecule has 0 saturated carbocycles. The van der Waals surface area contributed by atoms with Gasteiger partial charge in [-0.3, -0.25) is 9.89 Å². The maximum Gasteiger partial charge on any atom is 0.203 e. The summed E-state index contributed by atoms with van der Waals surface area (Å²) >= 11 is 0. The first kappa shape index (κ1) is 23.7. The number of hydrogen-bond donors (Lipinski definition) is 1. The molecule has 1 fully saturated rings. The number of benzene rings is 1. The van der Waals surface area contributed by atoms with E-state index in [1.807, 2.05) is 33.0 Å². The van der Waals surface area contributed by atoms with Crippen molar-refractivity contribution in [3.63, 3.8) is 0 Å². The van der Waals surface area contributed by atoms with Crippen molar-refractivity contribution < 1.29 is 18.7 Å². The highest BCUT2D eigenvalue weighted by Crippen LogP contribution is 2.38. The standard InChI is InChI=1S/C23H35N5O4/c1-16-19(17(2)32-26-16)7-8-25-23(24-3)28-11-9-27(10-12-28)15-18-13-20(29-4)22(31-6)21(14-18)30-5/h13-14H,7-12,15H2,1-6H3,(H,24,25). The zero-order valence-corrected chi connectivity index (χ0v) is 20.0. The van der Waals surface area contributed by atoms with Gasteiger partial charge in [0.05, 0.1) is 27.0 Å². The van der Waals surface area contributed by atoms with Crippen LogP contribution in [0, 0.1) is 13.8 Å². The molecule has 3 rings (SSSR count). The molecule has 9 nitrogen and oxygen atoms in total. The minimum atomic E-state index is 0.620. The molecule has 176 valence electrons. The molecule has 0 aliphatic carbocycles. The minimum Gasteiger partial charge on any atom is -0.493 e. The van der Waals surface area contributed by atoms with Gasteiger partial charge < -0.3 is 29.0 Å². The summed E-state index contributed by atoms with van der Waals surface area (Å²) in [5, 5.41) is 7.51. The van der Waals surface area contributed by atoms with E-state index in [1.165, 1.54) is 5.56 Å². The number of ether oxygens (including phenoxy) is 3. The highest BCUT2D eigenvalue weighted by molar-refractivity contribution is 5.80. The van der Waals surface area contributed by atoms with E-state index in [0.29, 0.717) is 17.2 Å². The number of methoxy groups -OCH3 is 3. The molecule has 0 atom stereocenters. The Morgan fingerprint density at radius 3 is 2.22 bits per heavy atom. The van der Waals surface area contributed by atoms with Gasteiger partial charge in [0.25, 0.3) is 0 Å². The predicted octanol–water partition coefficient (Wildman–Crippen LogP) is 2.25. The number of piperazine rings is 1. The fourth-order valence-corrected chi connectivity index (χ4v) is 4.09. The molecule has 32 heavy (non-hydrogen) atoms. The smallest absolute Gasteiger partial charge is 0.203 e. The van der Waals surface area contributed by atoms with Crippen LogP contribution in [-0.2, 0) is 13.0 Å². The van der Waals surface area contributed by atoms with Gasteiger partial charge in [-0.05, 0) is 38.0 Å². The van der Waals surface area contributed by atoms with Gasteiger partial charge in [0.2, 0.25) is 5.75 Å². The molecule has 1 saturated heterocycles. The number of nitrogens with zero attached hydrogens (tertiary/aromatic N) is 4. The molecule has 1 aliphatic heterocycles. The number of nitrogens with one attached hydrogen (secondary N) is 1. The molecule has 9 heteroatoms. The summed E-state index contributed by atoms with van der Waals surface area (Å²) in [5.74, 6) is 3.81. The molecule has 1 aliphatic rings. The monoisotopic (exact) mass is 445 g/mol. The average molecular weight is 446 g/mol.